The fourth-order valence-electron chi connectivity index (χ4n) is 2.36. The second-order valence-electron chi connectivity index (χ2n) is 4.65. The maximum absolute atomic E-state index is 13.5. The first-order valence-electron chi connectivity index (χ1n) is 6.10. The Balaban J connectivity index is 2.02. The van der Waals surface area contributed by atoms with Crippen molar-refractivity contribution in [1.82, 2.24) is 5.32 Å². The van der Waals surface area contributed by atoms with Crippen molar-refractivity contribution in [2.75, 3.05) is 6.54 Å². The van der Waals surface area contributed by atoms with Crippen LogP contribution in [0.3, 0.4) is 0 Å². The number of benzene rings is 1. The van der Waals surface area contributed by atoms with E-state index in [1.807, 2.05) is 0 Å². The number of nitrogens with one attached hydrogen (secondary N) is 1. The number of hydrogen-bond acceptors (Lipinski definition) is 2. The molecule has 1 aromatic rings. The first-order chi connectivity index (χ1) is 8.16. The first kappa shape index (κ1) is 12.5. The van der Waals surface area contributed by atoms with Crippen LogP contribution in [0.25, 0.3) is 0 Å². The van der Waals surface area contributed by atoms with Gasteiger partial charge in [-0.1, -0.05) is 6.42 Å². The lowest BCUT2D eigenvalue weighted by Crippen LogP contribution is -2.36. The molecule has 0 aromatic heterocycles. The van der Waals surface area contributed by atoms with Crippen LogP contribution in [-0.2, 0) is 0 Å². The van der Waals surface area contributed by atoms with Crippen LogP contribution in [0.2, 0.25) is 0 Å². The standard InChI is InChI=1S/C13H18F2N2/c14-9-4-5-12(15)11(7-9)13(16)8-10-3-1-2-6-17-10/h4-5,7,10,13,17H,1-3,6,8,16H2. The molecular formula is C13H18F2N2. The van der Waals surface area contributed by atoms with Crippen molar-refractivity contribution < 1.29 is 8.78 Å². The van der Waals surface area contributed by atoms with E-state index in [1.165, 1.54) is 18.9 Å². The van der Waals surface area contributed by atoms with Gasteiger partial charge in [-0.3, -0.25) is 0 Å². The molecule has 3 N–H and O–H groups in total. The quantitative estimate of drug-likeness (QED) is 0.852. The zero-order valence-electron chi connectivity index (χ0n) is 9.76. The largest absolute Gasteiger partial charge is 0.324 e. The minimum atomic E-state index is -0.443. The lowest BCUT2D eigenvalue weighted by molar-refractivity contribution is 0.359. The van der Waals surface area contributed by atoms with Crippen LogP contribution < -0.4 is 11.1 Å². The van der Waals surface area contributed by atoms with Crippen molar-refractivity contribution in [3.05, 3.63) is 35.4 Å². The van der Waals surface area contributed by atoms with Gasteiger partial charge in [0.15, 0.2) is 0 Å². The summed E-state index contributed by atoms with van der Waals surface area (Å²) in [5, 5.41) is 3.36. The molecule has 4 heteroatoms. The van der Waals surface area contributed by atoms with E-state index in [1.54, 1.807) is 0 Å². The van der Waals surface area contributed by atoms with E-state index >= 15 is 0 Å². The third kappa shape index (κ3) is 3.23. The van der Waals surface area contributed by atoms with E-state index in [-0.39, 0.29) is 5.56 Å². The molecule has 0 saturated carbocycles. The van der Waals surface area contributed by atoms with Crippen molar-refractivity contribution in [1.29, 1.82) is 0 Å². The Bertz CT molecular complexity index is 376. The minimum Gasteiger partial charge on any atom is -0.324 e. The molecule has 0 radical (unpaired) electrons. The molecule has 1 aliphatic rings. The number of piperidine rings is 1. The van der Waals surface area contributed by atoms with Gasteiger partial charge in [0.2, 0.25) is 0 Å². The molecule has 0 aliphatic carbocycles. The normalized spacial score (nSPS) is 22.4. The molecule has 2 rings (SSSR count). The van der Waals surface area contributed by atoms with Crippen LogP contribution in [-0.4, -0.2) is 12.6 Å². The summed E-state index contributed by atoms with van der Waals surface area (Å²) in [5.74, 6) is -0.858. The Morgan fingerprint density at radius 1 is 1.35 bits per heavy atom. The van der Waals surface area contributed by atoms with Crippen LogP contribution in [0.5, 0.6) is 0 Å². The van der Waals surface area contributed by atoms with Crippen molar-refractivity contribution in [3.8, 4) is 0 Å². The lowest BCUT2D eigenvalue weighted by Gasteiger charge is -2.26. The molecule has 0 spiro atoms. The van der Waals surface area contributed by atoms with Gasteiger partial charge in [0.25, 0.3) is 0 Å². The summed E-state index contributed by atoms with van der Waals surface area (Å²) in [5.41, 5.74) is 6.22. The number of rotatable bonds is 3. The van der Waals surface area contributed by atoms with E-state index in [4.69, 9.17) is 5.73 Å². The molecule has 2 atom stereocenters. The van der Waals surface area contributed by atoms with Gasteiger partial charge >= 0.3 is 0 Å². The van der Waals surface area contributed by atoms with Gasteiger partial charge in [-0.25, -0.2) is 8.78 Å². The second kappa shape index (κ2) is 5.56. The molecule has 1 heterocycles. The van der Waals surface area contributed by atoms with Gasteiger partial charge in [0.05, 0.1) is 0 Å². The highest BCUT2D eigenvalue weighted by Crippen LogP contribution is 2.23. The summed E-state index contributed by atoms with van der Waals surface area (Å²) in [6.45, 7) is 0.989. The van der Waals surface area contributed by atoms with Gasteiger partial charge in [-0.2, -0.15) is 0 Å². The van der Waals surface area contributed by atoms with Crippen LogP contribution in [0.15, 0.2) is 18.2 Å². The number of halogens is 2. The molecule has 94 valence electrons. The maximum atomic E-state index is 13.5. The number of nitrogens with two attached hydrogens (primary N) is 1. The molecule has 2 nitrogen and oxygen atoms in total. The molecule has 1 fully saturated rings. The Kier molecular flexibility index (Phi) is 4.07. The molecule has 2 unspecified atom stereocenters. The maximum Gasteiger partial charge on any atom is 0.128 e. The molecule has 17 heavy (non-hydrogen) atoms. The minimum absolute atomic E-state index is 0.275. The summed E-state index contributed by atoms with van der Waals surface area (Å²) in [6, 6.07) is 3.33. The zero-order valence-corrected chi connectivity index (χ0v) is 9.76. The van der Waals surface area contributed by atoms with Crippen molar-refractivity contribution in [2.24, 2.45) is 5.73 Å². The van der Waals surface area contributed by atoms with E-state index in [0.29, 0.717) is 12.5 Å². The fourth-order valence-corrected chi connectivity index (χ4v) is 2.36. The average Bonchev–Trinajstić information content (AvgIpc) is 2.33. The zero-order chi connectivity index (χ0) is 12.3. The van der Waals surface area contributed by atoms with Gasteiger partial charge < -0.3 is 11.1 Å². The molecular weight excluding hydrogens is 222 g/mol. The lowest BCUT2D eigenvalue weighted by atomic mass is 9.94. The molecule has 0 amide bonds. The van der Waals surface area contributed by atoms with E-state index < -0.39 is 17.7 Å². The highest BCUT2D eigenvalue weighted by molar-refractivity contribution is 5.22. The van der Waals surface area contributed by atoms with Crippen molar-refractivity contribution in [2.45, 2.75) is 37.8 Å². The van der Waals surface area contributed by atoms with E-state index in [0.717, 1.165) is 25.1 Å². The average molecular weight is 240 g/mol. The van der Waals surface area contributed by atoms with Gasteiger partial charge in [0.1, 0.15) is 11.6 Å². The third-order valence-corrected chi connectivity index (χ3v) is 3.31. The highest BCUT2D eigenvalue weighted by atomic mass is 19.1. The Morgan fingerprint density at radius 2 is 2.18 bits per heavy atom. The monoisotopic (exact) mass is 240 g/mol. The van der Waals surface area contributed by atoms with Crippen LogP contribution in [0.1, 0.15) is 37.3 Å². The van der Waals surface area contributed by atoms with E-state index in [9.17, 15) is 8.78 Å². The van der Waals surface area contributed by atoms with Gasteiger partial charge in [-0.05, 0) is 44.0 Å². The highest BCUT2D eigenvalue weighted by Gasteiger charge is 2.19. The molecule has 1 saturated heterocycles. The Morgan fingerprint density at radius 3 is 2.88 bits per heavy atom. The third-order valence-electron chi connectivity index (χ3n) is 3.31. The summed E-state index contributed by atoms with van der Waals surface area (Å²) >= 11 is 0. The Labute approximate surface area is 100 Å². The summed E-state index contributed by atoms with van der Waals surface area (Å²) in [4.78, 5) is 0. The van der Waals surface area contributed by atoms with Crippen molar-refractivity contribution >= 4 is 0 Å². The van der Waals surface area contributed by atoms with Crippen molar-refractivity contribution in [3.63, 3.8) is 0 Å². The first-order valence-corrected chi connectivity index (χ1v) is 6.10. The number of hydrogen-bond donors (Lipinski definition) is 2. The van der Waals surface area contributed by atoms with Gasteiger partial charge in [-0.15, -0.1) is 0 Å². The summed E-state index contributed by atoms with van der Waals surface area (Å²) in [7, 11) is 0. The summed E-state index contributed by atoms with van der Waals surface area (Å²) < 4.78 is 26.6. The van der Waals surface area contributed by atoms with E-state index in [2.05, 4.69) is 5.32 Å². The SMILES string of the molecule is NC(CC1CCCCN1)c1cc(F)ccc1F. The van der Waals surface area contributed by atoms with Crippen LogP contribution in [0.4, 0.5) is 8.78 Å². The predicted molar refractivity (Wildman–Crippen MR) is 63.5 cm³/mol. The molecule has 0 bridgehead atoms. The topological polar surface area (TPSA) is 38.0 Å². The fraction of sp³-hybridized carbons (Fsp3) is 0.538. The predicted octanol–water partition coefficient (Wildman–Crippen LogP) is 2.50. The van der Waals surface area contributed by atoms with Gasteiger partial charge in [0, 0.05) is 17.6 Å². The second-order valence-corrected chi connectivity index (χ2v) is 4.65. The molecule has 1 aliphatic heterocycles. The molecule has 1 aromatic carbocycles. The Hall–Kier alpha value is -1.00. The van der Waals surface area contributed by atoms with Crippen LogP contribution in [0, 0.1) is 11.6 Å². The summed E-state index contributed by atoms with van der Waals surface area (Å²) in [6.07, 6.45) is 4.07. The smallest absolute Gasteiger partial charge is 0.128 e. The van der Waals surface area contributed by atoms with Crippen LogP contribution >= 0.6 is 0 Å².